The molecular formula is C16H16FN3O. The number of para-hydroxylation sites is 1. The van der Waals surface area contributed by atoms with Gasteiger partial charge < -0.3 is 15.4 Å². The fourth-order valence-electron chi connectivity index (χ4n) is 2.52. The van der Waals surface area contributed by atoms with Crippen LogP contribution in [0.3, 0.4) is 0 Å². The van der Waals surface area contributed by atoms with E-state index in [2.05, 4.69) is 4.98 Å². The Kier molecular flexibility index (Phi) is 3.05. The Hall–Kier alpha value is -2.56. The molecule has 1 heterocycles. The molecule has 108 valence electrons. The predicted octanol–water partition coefficient (Wildman–Crippen LogP) is 3.71. The molecule has 21 heavy (non-hydrogen) atoms. The van der Waals surface area contributed by atoms with Gasteiger partial charge in [0.1, 0.15) is 17.4 Å². The number of rotatable bonds is 2. The average Bonchev–Trinajstić information content (AvgIpc) is 2.80. The van der Waals surface area contributed by atoms with Crippen LogP contribution < -0.4 is 5.73 Å². The van der Waals surface area contributed by atoms with E-state index < -0.39 is 0 Å². The standard InChI is InChI=1S/C16H16FN3O/c1-9(2)20-14-8-10(17)6-7-13(14)19-16(20)11-4-3-5-12(18)15(11)21/h3-9,21H,18H2,1-2H3. The molecule has 0 atom stereocenters. The van der Waals surface area contributed by atoms with E-state index >= 15 is 0 Å². The summed E-state index contributed by atoms with van der Waals surface area (Å²) in [4.78, 5) is 4.53. The summed E-state index contributed by atoms with van der Waals surface area (Å²) in [5.41, 5.74) is 7.97. The second-order valence-corrected chi connectivity index (χ2v) is 5.28. The van der Waals surface area contributed by atoms with E-state index in [-0.39, 0.29) is 17.6 Å². The number of hydrogen-bond donors (Lipinski definition) is 2. The predicted molar refractivity (Wildman–Crippen MR) is 81.6 cm³/mol. The van der Waals surface area contributed by atoms with Crippen molar-refractivity contribution in [3.05, 3.63) is 42.2 Å². The minimum atomic E-state index is -0.312. The van der Waals surface area contributed by atoms with Crippen LogP contribution in [-0.4, -0.2) is 14.7 Å². The number of nitrogen functional groups attached to an aromatic ring is 1. The Bertz CT molecular complexity index is 824. The first-order chi connectivity index (χ1) is 9.99. The topological polar surface area (TPSA) is 64.1 Å². The molecule has 0 aliphatic heterocycles. The van der Waals surface area contributed by atoms with E-state index in [1.807, 2.05) is 18.4 Å². The summed E-state index contributed by atoms with van der Waals surface area (Å²) in [6.45, 7) is 3.97. The number of halogens is 1. The molecule has 0 saturated carbocycles. The van der Waals surface area contributed by atoms with Gasteiger partial charge in [0.05, 0.1) is 22.3 Å². The maximum Gasteiger partial charge on any atom is 0.149 e. The number of aromatic nitrogens is 2. The van der Waals surface area contributed by atoms with Gasteiger partial charge in [-0.2, -0.15) is 0 Å². The molecular weight excluding hydrogens is 269 g/mol. The van der Waals surface area contributed by atoms with E-state index in [1.165, 1.54) is 12.1 Å². The number of hydrogen-bond acceptors (Lipinski definition) is 3. The van der Waals surface area contributed by atoms with Gasteiger partial charge in [-0.1, -0.05) is 6.07 Å². The highest BCUT2D eigenvalue weighted by Crippen LogP contribution is 2.36. The van der Waals surface area contributed by atoms with Crippen molar-refractivity contribution in [2.24, 2.45) is 0 Å². The van der Waals surface area contributed by atoms with Crippen LogP contribution in [0.4, 0.5) is 10.1 Å². The van der Waals surface area contributed by atoms with Crippen molar-refractivity contribution in [1.82, 2.24) is 9.55 Å². The fourth-order valence-corrected chi connectivity index (χ4v) is 2.52. The largest absolute Gasteiger partial charge is 0.505 e. The highest BCUT2D eigenvalue weighted by molar-refractivity contribution is 5.83. The number of nitrogens with zero attached hydrogens (tertiary/aromatic N) is 2. The summed E-state index contributed by atoms with van der Waals surface area (Å²) in [6, 6.07) is 9.67. The van der Waals surface area contributed by atoms with Crippen LogP contribution >= 0.6 is 0 Å². The average molecular weight is 285 g/mol. The number of phenolic OH excluding ortho intramolecular Hbond substituents is 1. The third-order valence-corrected chi connectivity index (χ3v) is 3.48. The van der Waals surface area contributed by atoms with Gasteiger partial charge in [-0.05, 0) is 44.2 Å². The first-order valence-corrected chi connectivity index (χ1v) is 6.74. The zero-order valence-electron chi connectivity index (χ0n) is 11.8. The van der Waals surface area contributed by atoms with Gasteiger partial charge in [0.15, 0.2) is 0 Å². The number of imidazole rings is 1. The maximum atomic E-state index is 13.5. The summed E-state index contributed by atoms with van der Waals surface area (Å²) in [5.74, 6) is 0.262. The molecule has 3 aromatic rings. The molecule has 0 amide bonds. The molecule has 0 saturated heterocycles. The Balaban J connectivity index is 2.37. The fraction of sp³-hybridized carbons (Fsp3) is 0.188. The monoisotopic (exact) mass is 285 g/mol. The molecule has 0 aliphatic carbocycles. The van der Waals surface area contributed by atoms with Crippen molar-refractivity contribution in [2.45, 2.75) is 19.9 Å². The van der Waals surface area contributed by atoms with Gasteiger partial charge in [0.2, 0.25) is 0 Å². The van der Waals surface area contributed by atoms with Crippen molar-refractivity contribution < 1.29 is 9.50 Å². The molecule has 2 aromatic carbocycles. The molecule has 5 heteroatoms. The second-order valence-electron chi connectivity index (χ2n) is 5.28. The Labute approximate surface area is 121 Å². The second kappa shape index (κ2) is 4.77. The first kappa shape index (κ1) is 13.4. The quantitative estimate of drug-likeness (QED) is 0.557. The zero-order valence-corrected chi connectivity index (χ0v) is 11.8. The van der Waals surface area contributed by atoms with Gasteiger partial charge in [-0.25, -0.2) is 9.37 Å². The molecule has 0 spiro atoms. The number of benzene rings is 2. The summed E-state index contributed by atoms with van der Waals surface area (Å²) in [5, 5.41) is 10.2. The van der Waals surface area contributed by atoms with E-state index in [9.17, 15) is 9.50 Å². The van der Waals surface area contributed by atoms with E-state index in [0.29, 0.717) is 28.1 Å². The molecule has 0 bridgehead atoms. The highest BCUT2D eigenvalue weighted by atomic mass is 19.1. The molecule has 3 N–H and O–H groups in total. The van der Waals surface area contributed by atoms with Crippen LogP contribution in [0.2, 0.25) is 0 Å². The summed E-state index contributed by atoms with van der Waals surface area (Å²) < 4.78 is 15.4. The molecule has 0 fully saturated rings. The van der Waals surface area contributed by atoms with Crippen LogP contribution in [0.25, 0.3) is 22.4 Å². The van der Waals surface area contributed by atoms with Gasteiger partial charge in [-0.15, -0.1) is 0 Å². The van der Waals surface area contributed by atoms with Gasteiger partial charge in [0.25, 0.3) is 0 Å². The van der Waals surface area contributed by atoms with Crippen LogP contribution in [0.1, 0.15) is 19.9 Å². The lowest BCUT2D eigenvalue weighted by molar-refractivity contribution is 0.478. The zero-order chi connectivity index (χ0) is 15.1. The lowest BCUT2D eigenvalue weighted by Crippen LogP contribution is -2.03. The van der Waals surface area contributed by atoms with Gasteiger partial charge in [0, 0.05) is 6.04 Å². The lowest BCUT2D eigenvalue weighted by atomic mass is 10.1. The Morgan fingerprint density at radius 2 is 2.00 bits per heavy atom. The van der Waals surface area contributed by atoms with Crippen LogP contribution in [0.5, 0.6) is 5.75 Å². The van der Waals surface area contributed by atoms with Crippen LogP contribution in [0, 0.1) is 5.82 Å². The minimum Gasteiger partial charge on any atom is -0.505 e. The number of aromatic hydroxyl groups is 1. The smallest absolute Gasteiger partial charge is 0.149 e. The highest BCUT2D eigenvalue weighted by Gasteiger charge is 2.18. The number of fused-ring (bicyclic) bond motifs is 1. The van der Waals surface area contributed by atoms with E-state index in [4.69, 9.17) is 5.73 Å². The van der Waals surface area contributed by atoms with Crippen molar-refractivity contribution in [1.29, 1.82) is 0 Å². The van der Waals surface area contributed by atoms with Crippen molar-refractivity contribution in [2.75, 3.05) is 5.73 Å². The Morgan fingerprint density at radius 1 is 1.24 bits per heavy atom. The van der Waals surface area contributed by atoms with E-state index in [1.54, 1.807) is 24.3 Å². The number of anilines is 1. The Morgan fingerprint density at radius 3 is 2.71 bits per heavy atom. The number of nitrogens with two attached hydrogens (primary N) is 1. The van der Waals surface area contributed by atoms with Crippen LogP contribution in [-0.2, 0) is 0 Å². The summed E-state index contributed by atoms with van der Waals surface area (Å²) in [7, 11) is 0. The first-order valence-electron chi connectivity index (χ1n) is 6.74. The molecule has 3 rings (SSSR count). The third kappa shape index (κ3) is 2.11. The van der Waals surface area contributed by atoms with Crippen molar-refractivity contribution in [3.63, 3.8) is 0 Å². The summed E-state index contributed by atoms with van der Waals surface area (Å²) in [6.07, 6.45) is 0. The van der Waals surface area contributed by atoms with E-state index in [0.717, 1.165) is 0 Å². The normalized spacial score (nSPS) is 11.4. The van der Waals surface area contributed by atoms with Gasteiger partial charge >= 0.3 is 0 Å². The van der Waals surface area contributed by atoms with Crippen molar-refractivity contribution >= 4 is 16.7 Å². The molecule has 0 aliphatic rings. The van der Waals surface area contributed by atoms with Gasteiger partial charge in [-0.3, -0.25) is 0 Å². The summed E-state index contributed by atoms with van der Waals surface area (Å²) >= 11 is 0. The maximum absolute atomic E-state index is 13.5. The molecule has 0 unspecified atom stereocenters. The molecule has 0 radical (unpaired) electrons. The minimum absolute atomic E-state index is 0.00446. The lowest BCUT2D eigenvalue weighted by Gasteiger charge is -2.14. The molecule has 4 nitrogen and oxygen atoms in total. The third-order valence-electron chi connectivity index (χ3n) is 3.48. The molecule has 1 aromatic heterocycles. The number of phenols is 1. The SMILES string of the molecule is CC(C)n1c(-c2cccc(N)c2O)nc2ccc(F)cc21. The van der Waals surface area contributed by atoms with Crippen LogP contribution in [0.15, 0.2) is 36.4 Å². The van der Waals surface area contributed by atoms with Crippen molar-refractivity contribution in [3.8, 4) is 17.1 Å².